The molecule has 0 aromatic carbocycles. The van der Waals surface area contributed by atoms with Gasteiger partial charge in [0, 0.05) is 20.1 Å². The number of nitrogens with zero attached hydrogens (tertiary/aromatic N) is 2. The van der Waals surface area contributed by atoms with Crippen molar-refractivity contribution < 1.29 is 23.1 Å². The number of amides is 1. The van der Waals surface area contributed by atoms with Gasteiger partial charge >= 0.3 is 5.97 Å². The lowest BCUT2D eigenvalue weighted by molar-refractivity contribution is -0.142. The zero-order valence-corrected chi connectivity index (χ0v) is 11.0. The second-order valence-corrected chi connectivity index (χ2v) is 5.45. The van der Waals surface area contributed by atoms with E-state index in [-0.39, 0.29) is 13.1 Å². The van der Waals surface area contributed by atoms with Crippen LogP contribution in [0, 0.1) is 0 Å². The number of carbonyl (C=O) groups is 2. The number of likely N-dealkylation sites (N-methyl/N-ethyl adjacent to an activating group) is 1. The van der Waals surface area contributed by atoms with Gasteiger partial charge in [-0.05, 0) is 0 Å². The van der Waals surface area contributed by atoms with Crippen molar-refractivity contribution in [1.82, 2.24) is 9.21 Å². The first-order valence-corrected chi connectivity index (χ1v) is 6.79. The van der Waals surface area contributed by atoms with E-state index in [4.69, 9.17) is 5.11 Å². The van der Waals surface area contributed by atoms with Crippen molar-refractivity contribution in [3.63, 3.8) is 0 Å². The molecule has 0 unspecified atom stereocenters. The predicted molar refractivity (Wildman–Crippen MR) is 62.0 cm³/mol. The van der Waals surface area contributed by atoms with E-state index in [2.05, 4.69) is 0 Å². The van der Waals surface area contributed by atoms with Gasteiger partial charge in [-0.2, -0.15) is 0 Å². The summed E-state index contributed by atoms with van der Waals surface area (Å²) in [6.45, 7) is 3.41. The van der Waals surface area contributed by atoms with E-state index in [0.717, 1.165) is 4.90 Å². The van der Waals surface area contributed by atoms with Crippen LogP contribution in [0.25, 0.3) is 0 Å². The summed E-state index contributed by atoms with van der Waals surface area (Å²) in [4.78, 5) is 22.7. The molecule has 17 heavy (non-hydrogen) atoms. The second kappa shape index (κ2) is 6.55. The molecule has 100 valence electrons. The van der Waals surface area contributed by atoms with Crippen LogP contribution in [0.2, 0.25) is 0 Å². The molecule has 0 saturated heterocycles. The summed E-state index contributed by atoms with van der Waals surface area (Å²) in [5, 5.41) is 8.48. The maximum atomic E-state index is 11.7. The van der Waals surface area contributed by atoms with E-state index in [9.17, 15) is 18.0 Å². The molecule has 0 heterocycles. The molecular weight excluding hydrogens is 248 g/mol. The van der Waals surface area contributed by atoms with E-state index < -0.39 is 34.2 Å². The number of aliphatic carboxylic acids is 1. The summed E-state index contributed by atoms with van der Waals surface area (Å²) in [5.74, 6) is -2.60. The number of hydrogen-bond donors (Lipinski definition) is 1. The molecule has 0 aromatic heterocycles. The maximum absolute atomic E-state index is 11.7. The Morgan fingerprint density at radius 2 is 1.65 bits per heavy atom. The maximum Gasteiger partial charge on any atom is 0.323 e. The van der Waals surface area contributed by atoms with Gasteiger partial charge in [-0.25, -0.2) is 12.7 Å². The second-order valence-electron chi connectivity index (χ2n) is 3.48. The summed E-state index contributed by atoms with van der Waals surface area (Å²) < 4.78 is 24.6. The largest absolute Gasteiger partial charge is 0.480 e. The minimum Gasteiger partial charge on any atom is -0.480 e. The summed E-state index contributed by atoms with van der Waals surface area (Å²) in [6, 6.07) is 0. The SMILES string of the molecule is CCN(CC)S(=O)(=O)CC(=O)N(C)CC(=O)O. The van der Waals surface area contributed by atoms with Crippen LogP contribution in [0.15, 0.2) is 0 Å². The van der Waals surface area contributed by atoms with E-state index in [1.54, 1.807) is 13.8 Å². The molecule has 0 spiro atoms. The Hall–Kier alpha value is -1.15. The Morgan fingerprint density at radius 1 is 1.18 bits per heavy atom. The van der Waals surface area contributed by atoms with Crippen LogP contribution in [0.5, 0.6) is 0 Å². The molecular formula is C9H18N2O5S. The third-order valence-corrected chi connectivity index (χ3v) is 4.12. The molecule has 0 aliphatic rings. The van der Waals surface area contributed by atoms with E-state index in [1.807, 2.05) is 0 Å². The van der Waals surface area contributed by atoms with Gasteiger partial charge in [0.15, 0.2) is 0 Å². The Morgan fingerprint density at radius 3 is 2.00 bits per heavy atom. The minimum absolute atomic E-state index is 0.286. The third kappa shape index (κ3) is 5.14. The standard InChI is InChI=1S/C9H18N2O5S/c1-4-11(5-2)17(15,16)7-8(12)10(3)6-9(13)14/h4-7H2,1-3H3,(H,13,14). The molecule has 7 nitrogen and oxygen atoms in total. The topological polar surface area (TPSA) is 95.0 Å². The number of rotatable bonds is 7. The number of carboxylic acid groups (broad SMARTS) is 1. The van der Waals surface area contributed by atoms with Gasteiger partial charge in [-0.15, -0.1) is 0 Å². The van der Waals surface area contributed by atoms with E-state index in [1.165, 1.54) is 11.4 Å². The fourth-order valence-electron chi connectivity index (χ4n) is 1.27. The van der Waals surface area contributed by atoms with Crippen LogP contribution < -0.4 is 0 Å². The van der Waals surface area contributed by atoms with Gasteiger partial charge in [0.25, 0.3) is 0 Å². The molecule has 0 aromatic rings. The summed E-state index contributed by atoms with van der Waals surface area (Å²) in [5.41, 5.74) is 0. The molecule has 1 amide bonds. The lowest BCUT2D eigenvalue weighted by Crippen LogP contribution is -2.41. The monoisotopic (exact) mass is 266 g/mol. The number of hydrogen-bond acceptors (Lipinski definition) is 4. The van der Waals surface area contributed by atoms with E-state index in [0.29, 0.717) is 0 Å². The molecule has 1 N–H and O–H groups in total. The van der Waals surface area contributed by atoms with Crippen molar-refractivity contribution >= 4 is 21.9 Å². The fourth-order valence-corrected chi connectivity index (χ4v) is 2.77. The van der Waals surface area contributed by atoms with Gasteiger partial charge in [-0.3, -0.25) is 9.59 Å². The highest BCUT2D eigenvalue weighted by molar-refractivity contribution is 7.89. The molecule has 0 bridgehead atoms. The zero-order valence-electron chi connectivity index (χ0n) is 10.2. The molecule has 0 radical (unpaired) electrons. The summed E-state index contributed by atoms with van der Waals surface area (Å²) in [6.07, 6.45) is 0. The molecule has 0 saturated carbocycles. The average Bonchev–Trinajstić information content (AvgIpc) is 2.16. The molecule has 0 fully saturated rings. The molecule has 0 atom stereocenters. The van der Waals surface area contributed by atoms with Crippen LogP contribution in [0.4, 0.5) is 0 Å². The van der Waals surface area contributed by atoms with Gasteiger partial charge in [0.2, 0.25) is 15.9 Å². The van der Waals surface area contributed by atoms with Crippen LogP contribution in [0.3, 0.4) is 0 Å². The Kier molecular flexibility index (Phi) is 6.11. The quantitative estimate of drug-likeness (QED) is 0.651. The summed E-state index contributed by atoms with van der Waals surface area (Å²) >= 11 is 0. The van der Waals surface area contributed by atoms with Gasteiger partial charge in [0.05, 0.1) is 0 Å². The number of carbonyl (C=O) groups excluding carboxylic acids is 1. The third-order valence-electron chi connectivity index (χ3n) is 2.20. The van der Waals surface area contributed by atoms with Crippen LogP contribution in [-0.2, 0) is 19.6 Å². The normalized spacial score (nSPS) is 11.5. The predicted octanol–water partition coefficient (Wildman–Crippen LogP) is -0.799. The highest BCUT2D eigenvalue weighted by Gasteiger charge is 2.25. The number of sulfonamides is 1. The van der Waals surface area contributed by atoms with E-state index >= 15 is 0 Å². The first-order chi connectivity index (χ1) is 7.74. The van der Waals surface area contributed by atoms with Crippen molar-refractivity contribution in [2.45, 2.75) is 13.8 Å². The first kappa shape index (κ1) is 15.9. The average molecular weight is 266 g/mol. The lowest BCUT2D eigenvalue weighted by atomic mass is 10.5. The van der Waals surface area contributed by atoms with Gasteiger partial charge < -0.3 is 10.0 Å². The number of carboxylic acids is 1. The first-order valence-electron chi connectivity index (χ1n) is 5.18. The van der Waals surface area contributed by atoms with Gasteiger partial charge in [-0.1, -0.05) is 13.8 Å². The summed E-state index contributed by atoms with van der Waals surface area (Å²) in [7, 11) is -2.40. The van der Waals surface area contributed by atoms with Gasteiger partial charge in [0.1, 0.15) is 12.3 Å². The van der Waals surface area contributed by atoms with Crippen molar-refractivity contribution in [3.8, 4) is 0 Å². The minimum atomic E-state index is -3.65. The van der Waals surface area contributed by atoms with Crippen LogP contribution >= 0.6 is 0 Å². The zero-order chi connectivity index (χ0) is 13.6. The highest BCUT2D eigenvalue weighted by atomic mass is 32.2. The van der Waals surface area contributed by atoms with Crippen LogP contribution in [-0.4, -0.2) is 67.0 Å². The van der Waals surface area contributed by atoms with Crippen LogP contribution in [0.1, 0.15) is 13.8 Å². The highest BCUT2D eigenvalue weighted by Crippen LogP contribution is 2.02. The molecule has 0 aliphatic heterocycles. The Labute approximate surface area is 101 Å². The molecule has 8 heteroatoms. The van der Waals surface area contributed by atoms with Crippen molar-refractivity contribution in [2.75, 3.05) is 32.4 Å². The molecule has 0 aliphatic carbocycles. The Bertz CT molecular complexity index is 375. The van der Waals surface area contributed by atoms with Crippen molar-refractivity contribution in [2.24, 2.45) is 0 Å². The Balaban J connectivity index is 4.62. The smallest absolute Gasteiger partial charge is 0.323 e. The molecule has 0 rings (SSSR count). The fraction of sp³-hybridized carbons (Fsp3) is 0.778. The van der Waals surface area contributed by atoms with Crippen molar-refractivity contribution in [1.29, 1.82) is 0 Å². The lowest BCUT2D eigenvalue weighted by Gasteiger charge is -2.20. The van der Waals surface area contributed by atoms with Crippen molar-refractivity contribution in [3.05, 3.63) is 0 Å².